The summed E-state index contributed by atoms with van der Waals surface area (Å²) in [7, 11) is 1.83. The summed E-state index contributed by atoms with van der Waals surface area (Å²) in [6.45, 7) is 0. The zero-order valence-electron chi connectivity index (χ0n) is 13.1. The molecule has 0 aliphatic carbocycles. The summed E-state index contributed by atoms with van der Waals surface area (Å²) in [5.41, 5.74) is 8.69. The molecule has 0 amide bonds. The number of rotatable bonds is 3. The van der Waals surface area contributed by atoms with E-state index in [1.165, 1.54) is 0 Å². The largest absolute Gasteiger partial charge is 0.369 e. The van der Waals surface area contributed by atoms with Crippen LogP contribution in [-0.4, -0.2) is 18.4 Å². The maximum atomic E-state index is 6.29. The van der Waals surface area contributed by atoms with E-state index in [2.05, 4.69) is 4.99 Å². The molecule has 2 N–H and O–H groups in total. The molecule has 0 saturated heterocycles. The quantitative estimate of drug-likeness (QED) is 0.412. The molecule has 3 aromatic carbocycles. The first-order valence-corrected chi connectivity index (χ1v) is 8.25. The number of benzene rings is 3. The fourth-order valence-corrected chi connectivity index (χ4v) is 2.88. The van der Waals surface area contributed by atoms with E-state index in [0.717, 1.165) is 27.7 Å². The van der Waals surface area contributed by atoms with Crippen LogP contribution in [0.2, 0.25) is 5.02 Å². The van der Waals surface area contributed by atoms with E-state index in [9.17, 15) is 0 Å². The molecule has 0 fully saturated rings. The van der Waals surface area contributed by atoms with E-state index in [4.69, 9.17) is 29.6 Å². The highest BCUT2D eigenvalue weighted by Crippen LogP contribution is 2.28. The molecule has 0 heterocycles. The van der Waals surface area contributed by atoms with Crippen LogP contribution in [0.4, 0.5) is 11.4 Å². The Kier molecular flexibility index (Phi) is 4.79. The topological polar surface area (TPSA) is 41.6 Å². The molecule has 0 aromatic heterocycles. The van der Waals surface area contributed by atoms with Crippen molar-refractivity contribution >= 4 is 57.3 Å². The lowest BCUT2D eigenvalue weighted by Crippen LogP contribution is -2.33. The number of guanidine groups is 1. The smallest absolute Gasteiger partial charge is 0.200 e. The molecule has 24 heavy (non-hydrogen) atoms. The van der Waals surface area contributed by atoms with Gasteiger partial charge in [-0.25, -0.2) is 4.99 Å². The summed E-state index contributed by atoms with van der Waals surface area (Å²) >= 11 is 11.3. The first-order valence-electron chi connectivity index (χ1n) is 7.40. The Hall–Kier alpha value is -2.43. The molecule has 0 unspecified atom stereocenters. The van der Waals surface area contributed by atoms with Gasteiger partial charge in [-0.2, -0.15) is 0 Å². The maximum Gasteiger partial charge on any atom is 0.200 e. The van der Waals surface area contributed by atoms with Crippen LogP contribution in [0.3, 0.4) is 0 Å². The van der Waals surface area contributed by atoms with Gasteiger partial charge in [0.2, 0.25) is 5.96 Å². The van der Waals surface area contributed by atoms with Crippen LogP contribution in [0.15, 0.2) is 65.7 Å². The highest BCUT2D eigenvalue weighted by molar-refractivity contribution is 7.79. The van der Waals surface area contributed by atoms with Crippen molar-refractivity contribution < 1.29 is 0 Å². The third kappa shape index (κ3) is 3.25. The van der Waals surface area contributed by atoms with Gasteiger partial charge in [-0.15, -0.1) is 0 Å². The van der Waals surface area contributed by atoms with Crippen LogP contribution < -0.4 is 10.6 Å². The highest BCUT2D eigenvalue weighted by atomic mass is 35.5. The van der Waals surface area contributed by atoms with Crippen molar-refractivity contribution in [2.24, 2.45) is 10.7 Å². The summed E-state index contributed by atoms with van der Waals surface area (Å²) in [6, 6.07) is 19.6. The average molecular weight is 354 g/mol. The molecule has 5 heteroatoms. The van der Waals surface area contributed by atoms with Crippen LogP contribution >= 0.6 is 23.8 Å². The van der Waals surface area contributed by atoms with Crippen LogP contribution in [-0.2, 0) is 0 Å². The number of thiocarbonyl (C=S) groups is 1. The zero-order chi connectivity index (χ0) is 17.1. The number of anilines is 1. The van der Waals surface area contributed by atoms with E-state index in [1.54, 1.807) is 16.3 Å². The van der Waals surface area contributed by atoms with Crippen molar-refractivity contribution in [2.45, 2.75) is 0 Å². The minimum atomic E-state index is 0.356. The molecule has 3 nitrogen and oxygen atoms in total. The van der Waals surface area contributed by atoms with Gasteiger partial charge in [0.15, 0.2) is 0 Å². The van der Waals surface area contributed by atoms with Crippen molar-refractivity contribution in [2.75, 3.05) is 11.9 Å². The third-order valence-electron chi connectivity index (χ3n) is 3.81. The van der Waals surface area contributed by atoms with Crippen LogP contribution in [0.25, 0.3) is 10.8 Å². The van der Waals surface area contributed by atoms with Gasteiger partial charge in [-0.3, -0.25) is 0 Å². The van der Waals surface area contributed by atoms with E-state index < -0.39 is 0 Å². The zero-order valence-corrected chi connectivity index (χ0v) is 14.7. The van der Waals surface area contributed by atoms with Gasteiger partial charge in [0.1, 0.15) is 0 Å². The number of halogens is 1. The fraction of sp³-hybridized carbons (Fsp3) is 0.0526. The Morgan fingerprint density at radius 1 is 1.12 bits per heavy atom. The minimum absolute atomic E-state index is 0.356. The van der Waals surface area contributed by atoms with Crippen LogP contribution in [0, 0.1) is 0 Å². The second-order valence-electron chi connectivity index (χ2n) is 5.36. The highest BCUT2D eigenvalue weighted by Gasteiger charge is 2.11. The number of nitrogens with two attached hydrogens (primary N) is 1. The Morgan fingerprint density at radius 3 is 2.67 bits per heavy atom. The van der Waals surface area contributed by atoms with Gasteiger partial charge in [-0.05, 0) is 29.1 Å². The van der Waals surface area contributed by atoms with Gasteiger partial charge in [0.25, 0.3) is 0 Å². The minimum Gasteiger partial charge on any atom is -0.369 e. The number of nitrogens with zero attached hydrogens (tertiary/aromatic N) is 2. The summed E-state index contributed by atoms with van der Waals surface area (Å²) in [5, 5.41) is 4.37. The number of aliphatic imine (C=N–C) groups is 1. The standard InChI is InChI=1S/C19H16ClN3S/c1-23(18-11-13(12-24)9-10-16(18)20)19(21)22-17-8-4-6-14-5-2-3-7-15(14)17/h2-12H,1H3,(H2,21,22). The summed E-state index contributed by atoms with van der Waals surface area (Å²) in [4.78, 5) is 6.34. The lowest BCUT2D eigenvalue weighted by atomic mass is 10.1. The monoisotopic (exact) mass is 353 g/mol. The van der Waals surface area contributed by atoms with Crippen LogP contribution in [0.1, 0.15) is 5.56 Å². The first-order chi connectivity index (χ1) is 11.6. The number of hydrogen-bond donors (Lipinski definition) is 1. The number of hydrogen-bond acceptors (Lipinski definition) is 2. The molecule has 0 saturated carbocycles. The van der Waals surface area contributed by atoms with E-state index in [1.807, 2.05) is 61.6 Å². The van der Waals surface area contributed by atoms with Gasteiger partial charge < -0.3 is 10.6 Å². The molecule has 0 aliphatic rings. The van der Waals surface area contributed by atoms with Gasteiger partial charge >= 0.3 is 0 Å². The molecule has 3 aromatic rings. The number of fused-ring (bicyclic) bond motifs is 1. The summed E-state index contributed by atoms with van der Waals surface area (Å²) < 4.78 is 0. The Labute approximate surface area is 151 Å². The fourth-order valence-electron chi connectivity index (χ4n) is 2.49. The molecular weight excluding hydrogens is 338 g/mol. The second kappa shape index (κ2) is 6.99. The normalized spacial score (nSPS) is 11.5. The third-order valence-corrected chi connectivity index (χ3v) is 4.40. The molecule has 0 bridgehead atoms. The second-order valence-corrected chi connectivity index (χ2v) is 6.00. The van der Waals surface area contributed by atoms with Gasteiger partial charge in [-0.1, -0.05) is 66.3 Å². The summed E-state index contributed by atoms with van der Waals surface area (Å²) in [6.07, 6.45) is 0. The van der Waals surface area contributed by atoms with Crippen molar-refractivity contribution in [3.63, 3.8) is 0 Å². The van der Waals surface area contributed by atoms with Crippen molar-refractivity contribution in [3.05, 3.63) is 71.2 Å². The van der Waals surface area contributed by atoms with Gasteiger partial charge in [0.05, 0.1) is 16.4 Å². The van der Waals surface area contributed by atoms with E-state index in [0.29, 0.717) is 11.0 Å². The maximum absolute atomic E-state index is 6.29. The Bertz CT molecular complexity index is 932. The SMILES string of the molecule is CN(C(N)=Nc1cccc2ccccc12)c1cc(C=S)ccc1Cl. The van der Waals surface area contributed by atoms with E-state index >= 15 is 0 Å². The molecule has 0 atom stereocenters. The molecule has 3 rings (SSSR count). The first kappa shape index (κ1) is 16.4. The molecule has 120 valence electrons. The summed E-state index contributed by atoms with van der Waals surface area (Å²) in [5.74, 6) is 0.356. The Balaban J connectivity index is 2.02. The van der Waals surface area contributed by atoms with Crippen molar-refractivity contribution in [3.8, 4) is 0 Å². The van der Waals surface area contributed by atoms with Gasteiger partial charge in [0, 0.05) is 17.8 Å². The lowest BCUT2D eigenvalue weighted by Gasteiger charge is -2.20. The molecule has 0 spiro atoms. The predicted molar refractivity (Wildman–Crippen MR) is 108 cm³/mol. The van der Waals surface area contributed by atoms with Crippen molar-refractivity contribution in [1.82, 2.24) is 0 Å². The molecule has 0 aliphatic heterocycles. The Morgan fingerprint density at radius 2 is 1.88 bits per heavy atom. The predicted octanol–water partition coefficient (Wildman–Crippen LogP) is 4.92. The molecular formula is C19H16ClN3S. The average Bonchev–Trinajstić information content (AvgIpc) is 2.62. The lowest BCUT2D eigenvalue weighted by molar-refractivity contribution is 1.22. The van der Waals surface area contributed by atoms with Crippen LogP contribution in [0.5, 0.6) is 0 Å². The van der Waals surface area contributed by atoms with Crippen molar-refractivity contribution in [1.29, 1.82) is 0 Å². The van der Waals surface area contributed by atoms with E-state index in [-0.39, 0.29) is 0 Å². The molecule has 0 radical (unpaired) electrons.